The third-order valence-corrected chi connectivity index (χ3v) is 12.6. The number of nitrogens with zero attached hydrogens (tertiary/aromatic N) is 6. The van der Waals surface area contributed by atoms with Crippen LogP contribution in [0, 0.1) is 5.92 Å². The number of anilines is 1. The van der Waals surface area contributed by atoms with Crippen molar-refractivity contribution in [3.8, 4) is 22.4 Å². The molecule has 0 unspecified atom stereocenters. The summed E-state index contributed by atoms with van der Waals surface area (Å²) in [4.78, 5) is 82.2. The summed E-state index contributed by atoms with van der Waals surface area (Å²) in [5, 5.41) is 5.44. The molecule has 4 aromatic carbocycles. The Bertz CT molecular complexity index is 2980. The number of alkyl carbamates (subject to hydrolysis) is 2. The molecule has 4 amide bonds. The summed E-state index contributed by atoms with van der Waals surface area (Å²) < 4.78 is 9.61. The molecule has 3 aliphatic rings. The largest absolute Gasteiger partial charge is 0.453 e. The number of likely N-dealkylation sites (tertiary alicyclic amines) is 1. The highest BCUT2D eigenvalue weighted by atomic mass is 16.5. The maximum absolute atomic E-state index is 14.0. The normalized spacial score (nSPS) is 18.8. The molecule has 0 bridgehead atoms. The van der Waals surface area contributed by atoms with Crippen molar-refractivity contribution in [3.05, 3.63) is 102 Å². The average molecular weight is 847 g/mol. The van der Waals surface area contributed by atoms with Crippen molar-refractivity contribution in [2.45, 2.75) is 70.1 Å². The zero-order valence-electron chi connectivity index (χ0n) is 35.3. The van der Waals surface area contributed by atoms with Gasteiger partial charge in [-0.2, -0.15) is 0 Å². The number of rotatable bonds is 8. The molecular formula is C47H46N10O6. The molecule has 4 atom stereocenters. The number of aryl methyl sites for hydroxylation is 1. The standard InChI is InChI=1S/C47H46N10O6/c1-24(2)40(55-47(61)63-4)45(59)56-18-6-9-38(56)42-50-32-16-13-28(21-36(32)52-42)37-23-48-34-19-26(11-14-30(34)49-37)27-12-15-31-35(20-27)53-43(51-31)39-22-29-8-5-7-25-10-17-33(54-46(60)62-3)44(58)57(39)41(25)29/h5,7-8,11-16,19-21,23-24,33,38-40H,6,9-10,17-18,22H2,1-4H3,(H,50,52)(H,51,53)(H,54,60)(H,55,61)/t33-,38-,39-,40-/m0/s1. The fourth-order valence-electron chi connectivity index (χ4n) is 9.42. The Morgan fingerprint density at radius 2 is 1.43 bits per heavy atom. The van der Waals surface area contributed by atoms with Gasteiger partial charge in [0.1, 0.15) is 23.7 Å². The van der Waals surface area contributed by atoms with Crippen LogP contribution < -0.4 is 15.5 Å². The first-order chi connectivity index (χ1) is 30.6. The highest BCUT2D eigenvalue weighted by Gasteiger charge is 2.43. The van der Waals surface area contributed by atoms with Gasteiger partial charge >= 0.3 is 12.2 Å². The second-order valence-corrected chi connectivity index (χ2v) is 16.8. The van der Waals surface area contributed by atoms with Gasteiger partial charge in [0.2, 0.25) is 11.8 Å². The predicted molar refractivity (Wildman–Crippen MR) is 236 cm³/mol. The summed E-state index contributed by atoms with van der Waals surface area (Å²) >= 11 is 0. The van der Waals surface area contributed by atoms with E-state index in [0.29, 0.717) is 43.1 Å². The average Bonchev–Trinajstić information content (AvgIpc) is 4.11. The Kier molecular flexibility index (Phi) is 9.99. The third-order valence-electron chi connectivity index (χ3n) is 12.6. The van der Waals surface area contributed by atoms with Gasteiger partial charge in [0.25, 0.3) is 0 Å². The maximum Gasteiger partial charge on any atom is 0.407 e. The minimum Gasteiger partial charge on any atom is -0.453 e. The number of amides is 4. The molecule has 1 fully saturated rings. The lowest BCUT2D eigenvalue weighted by molar-refractivity contribution is -0.135. The van der Waals surface area contributed by atoms with Gasteiger partial charge in [-0.1, -0.05) is 50.2 Å². The Hall–Kier alpha value is -7.36. The molecule has 4 N–H and O–H groups in total. The zero-order chi connectivity index (χ0) is 43.5. The van der Waals surface area contributed by atoms with Crippen LogP contribution in [0.4, 0.5) is 15.3 Å². The molecule has 0 aliphatic carbocycles. The van der Waals surface area contributed by atoms with Crippen LogP contribution in [-0.2, 0) is 31.9 Å². The van der Waals surface area contributed by atoms with E-state index in [1.165, 1.54) is 14.2 Å². The Morgan fingerprint density at radius 1 is 0.762 bits per heavy atom. The Labute approximate surface area is 361 Å². The minimum atomic E-state index is -0.716. The van der Waals surface area contributed by atoms with Crippen LogP contribution in [0.1, 0.15) is 68.0 Å². The number of aromatic amines is 2. The van der Waals surface area contributed by atoms with E-state index in [1.54, 1.807) is 11.1 Å². The summed E-state index contributed by atoms with van der Waals surface area (Å²) in [6.07, 6.45) is 3.82. The summed E-state index contributed by atoms with van der Waals surface area (Å²) in [5.41, 5.74) is 11.3. The SMILES string of the molecule is COC(=O)N[C@H]1CCc2cccc3c2N(C1=O)[C@H](c1nc2ccc(-c4ccc5nc(-c6ccc7nc([C@@H]8CCCN8C(=O)[C@@H](NC(=O)OC)C(C)C)[nH]c7c6)cnc5c4)cc2[nH]1)C3. The maximum atomic E-state index is 14.0. The molecule has 0 spiro atoms. The molecule has 3 aliphatic heterocycles. The van der Waals surface area contributed by atoms with E-state index in [4.69, 9.17) is 29.4 Å². The molecule has 16 nitrogen and oxygen atoms in total. The zero-order valence-corrected chi connectivity index (χ0v) is 35.3. The van der Waals surface area contributed by atoms with Crippen LogP contribution in [0.2, 0.25) is 0 Å². The number of H-pyrrole nitrogens is 2. The third kappa shape index (κ3) is 7.14. The smallest absolute Gasteiger partial charge is 0.407 e. The predicted octanol–water partition coefficient (Wildman–Crippen LogP) is 7.06. The van der Waals surface area contributed by atoms with E-state index >= 15 is 0 Å². The van der Waals surface area contributed by atoms with E-state index in [-0.39, 0.29) is 29.8 Å². The van der Waals surface area contributed by atoms with Crippen molar-refractivity contribution in [1.82, 2.24) is 45.4 Å². The highest BCUT2D eigenvalue weighted by molar-refractivity contribution is 6.02. The van der Waals surface area contributed by atoms with Crippen LogP contribution in [-0.4, -0.2) is 91.7 Å². The summed E-state index contributed by atoms with van der Waals surface area (Å²) in [6, 6.07) is 22.1. The van der Waals surface area contributed by atoms with E-state index in [9.17, 15) is 19.2 Å². The molecular weight excluding hydrogens is 801 g/mol. The molecule has 3 aromatic heterocycles. The summed E-state index contributed by atoms with van der Waals surface area (Å²) in [5.74, 6) is 0.922. The number of carbonyl (C=O) groups is 4. The van der Waals surface area contributed by atoms with Gasteiger partial charge < -0.3 is 35.0 Å². The quantitative estimate of drug-likeness (QED) is 0.123. The van der Waals surface area contributed by atoms with Gasteiger partial charge in [-0.15, -0.1) is 0 Å². The molecule has 16 heteroatoms. The van der Waals surface area contributed by atoms with Gasteiger partial charge in [0.15, 0.2) is 0 Å². The first-order valence-electron chi connectivity index (χ1n) is 21.3. The van der Waals surface area contributed by atoms with Gasteiger partial charge in [-0.25, -0.2) is 24.5 Å². The number of carbonyl (C=O) groups excluding carboxylic acids is 4. The second kappa shape index (κ2) is 15.8. The van der Waals surface area contributed by atoms with Crippen molar-refractivity contribution < 1.29 is 28.7 Å². The minimum absolute atomic E-state index is 0.124. The van der Waals surface area contributed by atoms with Crippen molar-refractivity contribution >= 4 is 62.8 Å². The fourth-order valence-corrected chi connectivity index (χ4v) is 9.42. The molecule has 7 aromatic rings. The van der Waals surface area contributed by atoms with Gasteiger partial charge in [-0.3, -0.25) is 19.5 Å². The van der Waals surface area contributed by atoms with Crippen LogP contribution in [0.3, 0.4) is 0 Å². The Balaban J connectivity index is 0.883. The molecule has 0 radical (unpaired) electrons. The number of hydrogen-bond acceptors (Lipinski definition) is 10. The number of nitrogens with one attached hydrogen (secondary N) is 4. The van der Waals surface area contributed by atoms with Crippen LogP contribution in [0.25, 0.3) is 55.5 Å². The lowest BCUT2D eigenvalue weighted by Gasteiger charge is -2.29. The lowest BCUT2D eigenvalue weighted by Crippen LogP contribution is -2.51. The van der Waals surface area contributed by atoms with E-state index < -0.39 is 24.3 Å². The number of fused-ring (bicyclic) bond motifs is 3. The van der Waals surface area contributed by atoms with Crippen molar-refractivity contribution in [3.63, 3.8) is 0 Å². The van der Waals surface area contributed by atoms with Crippen molar-refractivity contribution in [1.29, 1.82) is 0 Å². The van der Waals surface area contributed by atoms with Gasteiger partial charge in [0, 0.05) is 18.5 Å². The first kappa shape index (κ1) is 39.8. The van der Waals surface area contributed by atoms with Gasteiger partial charge in [0.05, 0.1) is 77.0 Å². The van der Waals surface area contributed by atoms with Crippen LogP contribution >= 0.6 is 0 Å². The monoisotopic (exact) mass is 846 g/mol. The highest BCUT2D eigenvalue weighted by Crippen LogP contribution is 2.45. The number of ether oxygens (including phenoxy) is 2. The molecule has 6 heterocycles. The first-order valence-corrected chi connectivity index (χ1v) is 21.3. The molecule has 63 heavy (non-hydrogen) atoms. The summed E-state index contributed by atoms with van der Waals surface area (Å²) in [7, 11) is 2.58. The van der Waals surface area contributed by atoms with Crippen molar-refractivity contribution in [2.75, 3.05) is 25.7 Å². The van der Waals surface area contributed by atoms with Gasteiger partial charge in [-0.05, 0) is 90.3 Å². The van der Waals surface area contributed by atoms with E-state index in [1.807, 2.05) is 79.4 Å². The van der Waals surface area contributed by atoms with E-state index in [0.717, 1.165) is 79.4 Å². The molecule has 1 saturated heterocycles. The number of imidazole rings is 2. The van der Waals surface area contributed by atoms with Crippen molar-refractivity contribution in [2.24, 2.45) is 5.92 Å². The number of para-hydroxylation sites is 1. The van der Waals surface area contributed by atoms with E-state index in [2.05, 4.69) is 32.7 Å². The van der Waals surface area contributed by atoms with Crippen LogP contribution in [0.15, 0.2) is 79.0 Å². The van der Waals surface area contributed by atoms with Crippen LogP contribution in [0.5, 0.6) is 0 Å². The topological polar surface area (TPSA) is 200 Å². The Morgan fingerprint density at radius 3 is 2.16 bits per heavy atom. The second-order valence-electron chi connectivity index (χ2n) is 16.8. The lowest BCUT2D eigenvalue weighted by atomic mass is 10.0. The summed E-state index contributed by atoms with van der Waals surface area (Å²) in [6.45, 7) is 4.37. The number of hydrogen-bond donors (Lipinski definition) is 4. The molecule has 0 saturated carbocycles. The molecule has 320 valence electrons. The number of benzene rings is 4. The molecule has 10 rings (SSSR count). The fraction of sp³-hybridized carbons (Fsp3) is 0.319. The number of methoxy groups -OCH3 is 2. The number of aromatic nitrogens is 6.